The van der Waals surface area contributed by atoms with Crippen molar-refractivity contribution >= 4 is 5.71 Å². The van der Waals surface area contributed by atoms with Crippen LogP contribution in [0.4, 0.5) is 0 Å². The summed E-state index contributed by atoms with van der Waals surface area (Å²) < 4.78 is 5.31. The molecule has 0 radical (unpaired) electrons. The molecule has 2 rings (SSSR count). The molecule has 1 fully saturated rings. The van der Waals surface area contributed by atoms with Crippen molar-refractivity contribution in [2.45, 2.75) is 32.9 Å². The number of aromatic hydroxyl groups is 1. The highest BCUT2D eigenvalue weighted by Gasteiger charge is 2.23. The predicted molar refractivity (Wildman–Crippen MR) is 77.1 cm³/mol. The first kappa shape index (κ1) is 13.9. The van der Waals surface area contributed by atoms with E-state index in [1.807, 2.05) is 13.0 Å². The van der Waals surface area contributed by atoms with Crippen molar-refractivity contribution in [1.82, 2.24) is 4.90 Å². The van der Waals surface area contributed by atoms with Crippen LogP contribution in [0.15, 0.2) is 23.2 Å². The van der Waals surface area contributed by atoms with Crippen molar-refractivity contribution in [3.8, 4) is 11.5 Å². The maximum atomic E-state index is 10.0. The molecule has 19 heavy (non-hydrogen) atoms. The van der Waals surface area contributed by atoms with Crippen LogP contribution in [0.2, 0.25) is 0 Å². The quantitative estimate of drug-likeness (QED) is 0.848. The first-order chi connectivity index (χ1) is 9.17. The Kier molecular flexibility index (Phi) is 4.43. The van der Waals surface area contributed by atoms with Crippen molar-refractivity contribution in [3.05, 3.63) is 23.8 Å². The van der Waals surface area contributed by atoms with Gasteiger partial charge < -0.3 is 9.84 Å². The molecule has 0 aliphatic carbocycles. The summed E-state index contributed by atoms with van der Waals surface area (Å²) in [6.45, 7) is 6.21. The maximum Gasteiger partial charge on any atom is 0.131 e. The zero-order valence-corrected chi connectivity index (χ0v) is 11.9. The molecule has 1 aliphatic rings. The monoisotopic (exact) mass is 262 g/mol. The molecule has 0 spiro atoms. The van der Waals surface area contributed by atoms with Crippen LogP contribution in [0.5, 0.6) is 11.5 Å². The van der Waals surface area contributed by atoms with Gasteiger partial charge in [-0.3, -0.25) is 9.89 Å². The van der Waals surface area contributed by atoms with E-state index in [0.29, 0.717) is 11.3 Å². The lowest BCUT2D eigenvalue weighted by molar-refractivity contribution is 0.275. The van der Waals surface area contributed by atoms with Crippen LogP contribution in [0.25, 0.3) is 0 Å². The Balaban J connectivity index is 2.31. The number of nitrogens with zero attached hydrogens (tertiary/aromatic N) is 2. The molecule has 1 aromatic rings. The Bertz CT molecular complexity index is 471. The minimum atomic E-state index is 0.224. The fourth-order valence-electron chi connectivity index (χ4n) is 2.66. The van der Waals surface area contributed by atoms with Crippen LogP contribution in [-0.4, -0.2) is 42.1 Å². The summed E-state index contributed by atoms with van der Waals surface area (Å²) in [5.74, 6) is 0.893. The van der Waals surface area contributed by atoms with Gasteiger partial charge in [0.15, 0.2) is 0 Å². The summed E-state index contributed by atoms with van der Waals surface area (Å²) in [5, 5.41) is 10.0. The van der Waals surface area contributed by atoms with E-state index in [-0.39, 0.29) is 11.9 Å². The molecular weight excluding hydrogens is 240 g/mol. The molecule has 4 heteroatoms. The third-order valence-electron chi connectivity index (χ3n) is 3.66. The second-order valence-electron chi connectivity index (χ2n) is 4.82. The third kappa shape index (κ3) is 2.89. The van der Waals surface area contributed by atoms with Crippen molar-refractivity contribution < 1.29 is 9.84 Å². The molecule has 0 saturated carbocycles. The van der Waals surface area contributed by atoms with E-state index in [1.165, 1.54) is 6.42 Å². The number of benzene rings is 1. The number of ether oxygens (including phenoxy) is 1. The highest BCUT2D eigenvalue weighted by molar-refractivity contribution is 6.03. The first-order valence-electron chi connectivity index (χ1n) is 6.82. The lowest BCUT2D eigenvalue weighted by atomic mass is 10.1. The molecule has 1 heterocycles. The van der Waals surface area contributed by atoms with E-state index < -0.39 is 0 Å². The van der Waals surface area contributed by atoms with E-state index in [0.717, 1.165) is 25.2 Å². The number of hydrogen-bond acceptors (Lipinski definition) is 4. The molecule has 0 amide bonds. The second kappa shape index (κ2) is 6.06. The highest BCUT2D eigenvalue weighted by atomic mass is 16.5. The standard InChI is InChI=1S/C15H22N2O2/c1-4-17-10-6-9-14(17)16-11(2)15-12(18)7-5-8-13(15)19-3/h5,7-8,14,18H,4,6,9-10H2,1-3H3. The van der Waals surface area contributed by atoms with Crippen LogP contribution in [0, 0.1) is 0 Å². The highest BCUT2D eigenvalue weighted by Crippen LogP contribution is 2.29. The molecule has 1 aromatic carbocycles. The molecule has 1 N–H and O–H groups in total. The minimum Gasteiger partial charge on any atom is -0.507 e. The van der Waals surface area contributed by atoms with Gasteiger partial charge in [-0.25, -0.2) is 0 Å². The van der Waals surface area contributed by atoms with E-state index in [1.54, 1.807) is 19.2 Å². The van der Waals surface area contributed by atoms with Gasteiger partial charge in [0.2, 0.25) is 0 Å². The van der Waals surface area contributed by atoms with E-state index in [4.69, 9.17) is 9.73 Å². The summed E-state index contributed by atoms with van der Waals surface area (Å²) in [7, 11) is 1.61. The maximum absolute atomic E-state index is 10.0. The zero-order chi connectivity index (χ0) is 13.8. The van der Waals surface area contributed by atoms with Gasteiger partial charge >= 0.3 is 0 Å². The zero-order valence-electron chi connectivity index (χ0n) is 11.9. The predicted octanol–water partition coefficient (Wildman–Crippen LogP) is 2.65. The number of methoxy groups -OCH3 is 1. The second-order valence-corrected chi connectivity index (χ2v) is 4.82. The SMILES string of the molecule is CCN1CCCC1N=C(C)c1c(O)cccc1OC. The number of aliphatic imine (C=N–C) groups is 1. The number of hydrogen-bond donors (Lipinski definition) is 1. The summed E-state index contributed by atoms with van der Waals surface area (Å²) in [5.41, 5.74) is 1.54. The molecule has 0 aromatic heterocycles. The van der Waals surface area contributed by atoms with Crippen LogP contribution in [0.1, 0.15) is 32.3 Å². The van der Waals surface area contributed by atoms with Crippen LogP contribution < -0.4 is 4.74 Å². The molecule has 1 aliphatic heterocycles. The van der Waals surface area contributed by atoms with Crippen molar-refractivity contribution in [2.75, 3.05) is 20.2 Å². The Labute approximate surface area is 114 Å². The van der Waals surface area contributed by atoms with Crippen LogP contribution in [-0.2, 0) is 0 Å². The van der Waals surface area contributed by atoms with Crippen molar-refractivity contribution in [2.24, 2.45) is 4.99 Å². The van der Waals surface area contributed by atoms with Gasteiger partial charge in [0.1, 0.15) is 17.7 Å². The molecular formula is C15H22N2O2. The average molecular weight is 262 g/mol. The number of likely N-dealkylation sites (tertiary alicyclic amines) is 1. The van der Waals surface area contributed by atoms with Gasteiger partial charge in [0.05, 0.1) is 12.7 Å². The Morgan fingerprint density at radius 1 is 1.53 bits per heavy atom. The lowest BCUT2D eigenvalue weighted by Gasteiger charge is -2.20. The Morgan fingerprint density at radius 2 is 2.32 bits per heavy atom. The molecule has 0 bridgehead atoms. The smallest absolute Gasteiger partial charge is 0.131 e. The first-order valence-corrected chi connectivity index (χ1v) is 6.82. The van der Waals surface area contributed by atoms with Crippen molar-refractivity contribution in [3.63, 3.8) is 0 Å². The number of phenols is 1. The summed E-state index contributed by atoms with van der Waals surface area (Å²) in [4.78, 5) is 7.13. The molecule has 104 valence electrons. The van der Waals surface area contributed by atoms with E-state index in [2.05, 4.69) is 11.8 Å². The Hall–Kier alpha value is -1.55. The fraction of sp³-hybridized carbons (Fsp3) is 0.533. The van der Waals surface area contributed by atoms with Crippen LogP contribution in [0.3, 0.4) is 0 Å². The Morgan fingerprint density at radius 3 is 3.00 bits per heavy atom. The van der Waals surface area contributed by atoms with E-state index >= 15 is 0 Å². The molecule has 4 nitrogen and oxygen atoms in total. The van der Waals surface area contributed by atoms with Crippen molar-refractivity contribution in [1.29, 1.82) is 0 Å². The van der Waals surface area contributed by atoms with E-state index in [9.17, 15) is 5.11 Å². The number of rotatable bonds is 4. The molecule has 1 unspecified atom stereocenters. The average Bonchev–Trinajstić information content (AvgIpc) is 2.85. The summed E-state index contributed by atoms with van der Waals surface area (Å²) in [6, 6.07) is 5.29. The largest absolute Gasteiger partial charge is 0.507 e. The van der Waals surface area contributed by atoms with Gasteiger partial charge in [-0.1, -0.05) is 13.0 Å². The topological polar surface area (TPSA) is 45.1 Å². The van der Waals surface area contributed by atoms with Gasteiger partial charge in [0.25, 0.3) is 0 Å². The third-order valence-corrected chi connectivity index (χ3v) is 3.66. The summed E-state index contributed by atoms with van der Waals surface area (Å²) in [6.07, 6.45) is 2.50. The molecule has 1 saturated heterocycles. The lowest BCUT2D eigenvalue weighted by Crippen LogP contribution is -2.28. The van der Waals surface area contributed by atoms with Gasteiger partial charge in [-0.15, -0.1) is 0 Å². The van der Waals surface area contributed by atoms with Gasteiger partial charge in [-0.2, -0.15) is 0 Å². The minimum absolute atomic E-state index is 0.224. The summed E-state index contributed by atoms with van der Waals surface area (Å²) >= 11 is 0. The van der Waals surface area contributed by atoms with Crippen LogP contribution >= 0.6 is 0 Å². The molecule has 1 atom stereocenters. The normalized spacial score (nSPS) is 20.8. The van der Waals surface area contributed by atoms with Gasteiger partial charge in [-0.05, 0) is 38.4 Å². The fourth-order valence-corrected chi connectivity index (χ4v) is 2.66. The van der Waals surface area contributed by atoms with Gasteiger partial charge in [0, 0.05) is 12.3 Å². The number of phenolic OH excluding ortho intramolecular Hbond substituents is 1.